The van der Waals surface area contributed by atoms with E-state index in [1.165, 1.54) is 16.2 Å². The number of hydrogen-bond donors (Lipinski definition) is 0. The number of para-hydroxylation sites is 2. The average Bonchev–Trinajstić information content (AvgIpc) is 3.85. The third-order valence-electron chi connectivity index (χ3n) is 8.04. The lowest BCUT2D eigenvalue weighted by Gasteiger charge is -2.11. The highest BCUT2D eigenvalue weighted by Crippen LogP contribution is 2.34. The number of rotatable bonds is 4. The zero-order valence-corrected chi connectivity index (χ0v) is 22.4. The fraction of sp³-hybridized carbons (Fsp3) is 0. The van der Waals surface area contributed by atoms with Crippen LogP contribution >= 0.6 is 0 Å². The first kappa shape index (κ1) is 22.8. The minimum atomic E-state index is 0.922. The number of aromatic nitrogens is 7. The van der Waals surface area contributed by atoms with Gasteiger partial charge in [0.25, 0.3) is 0 Å². The molecule has 198 valence electrons. The molecule has 0 aliphatic carbocycles. The summed E-state index contributed by atoms with van der Waals surface area (Å²) in [7, 11) is 0. The van der Waals surface area contributed by atoms with Crippen LogP contribution in [0.5, 0.6) is 0 Å². The average molecular weight is 542 g/mol. The summed E-state index contributed by atoms with van der Waals surface area (Å²) in [4.78, 5) is 4.73. The van der Waals surface area contributed by atoms with Gasteiger partial charge in [-0.25, -0.2) is 14.3 Å². The Balaban J connectivity index is 1.23. The molecule has 0 aliphatic rings. The van der Waals surface area contributed by atoms with Crippen molar-refractivity contribution in [2.45, 2.75) is 0 Å². The zero-order chi connectivity index (χ0) is 27.6. The summed E-state index contributed by atoms with van der Waals surface area (Å²) in [6, 6.07) is 38.1. The van der Waals surface area contributed by atoms with E-state index >= 15 is 0 Å². The van der Waals surface area contributed by atoms with Gasteiger partial charge in [0, 0.05) is 45.8 Å². The summed E-state index contributed by atoms with van der Waals surface area (Å²) in [5.41, 5.74) is 8.33. The molecule has 0 bridgehead atoms. The molecule has 42 heavy (non-hydrogen) atoms. The Hall–Kier alpha value is -5.95. The van der Waals surface area contributed by atoms with Gasteiger partial charge in [-0.05, 0) is 60.7 Å². The van der Waals surface area contributed by atoms with E-state index in [4.69, 9.17) is 10.1 Å². The molecule has 0 amide bonds. The quantitative estimate of drug-likeness (QED) is 0.230. The molecule has 9 rings (SSSR count). The Morgan fingerprint density at radius 3 is 2.05 bits per heavy atom. The fourth-order valence-electron chi connectivity index (χ4n) is 6.20. The van der Waals surface area contributed by atoms with Crippen LogP contribution in [-0.2, 0) is 0 Å². The Morgan fingerprint density at radius 2 is 1.19 bits per heavy atom. The van der Waals surface area contributed by atoms with Gasteiger partial charge in [-0.2, -0.15) is 10.2 Å². The smallest absolute Gasteiger partial charge is 0.145 e. The normalized spacial score (nSPS) is 11.8. The molecule has 5 heterocycles. The summed E-state index contributed by atoms with van der Waals surface area (Å²) in [6.07, 6.45) is 9.59. The van der Waals surface area contributed by atoms with Gasteiger partial charge in [-0.1, -0.05) is 48.5 Å². The van der Waals surface area contributed by atoms with Crippen LogP contribution in [0.3, 0.4) is 0 Å². The topological polar surface area (TPSA) is 58.4 Å². The van der Waals surface area contributed by atoms with E-state index in [-0.39, 0.29) is 0 Å². The van der Waals surface area contributed by atoms with E-state index in [0.717, 1.165) is 50.3 Å². The van der Waals surface area contributed by atoms with Gasteiger partial charge in [-0.15, -0.1) is 0 Å². The van der Waals surface area contributed by atoms with Gasteiger partial charge in [0.05, 0.1) is 46.0 Å². The maximum absolute atomic E-state index is 4.81. The standard InChI is InChI=1S/C35H23N7/c1-3-13-32-28(10-1)30-16-15-25(21-34(30)41(32)26-9-5-8-24(20-26)39-19-7-18-37-39)40-23-27(22-38-40)42-33-14-4-2-11-29(33)31-12-6-17-36-35(31)42/h1-23H. The van der Waals surface area contributed by atoms with Crippen molar-refractivity contribution in [2.24, 2.45) is 0 Å². The van der Waals surface area contributed by atoms with Crippen molar-refractivity contribution in [2.75, 3.05) is 0 Å². The predicted octanol–water partition coefficient (Wildman–Crippen LogP) is 7.65. The first-order chi connectivity index (χ1) is 20.8. The van der Waals surface area contributed by atoms with Crippen LogP contribution in [0, 0.1) is 0 Å². The first-order valence-corrected chi connectivity index (χ1v) is 13.9. The Kier molecular flexibility index (Phi) is 4.77. The number of fused-ring (bicyclic) bond motifs is 6. The van der Waals surface area contributed by atoms with E-state index in [9.17, 15) is 0 Å². The van der Waals surface area contributed by atoms with E-state index < -0.39 is 0 Å². The minimum absolute atomic E-state index is 0.922. The molecule has 0 atom stereocenters. The van der Waals surface area contributed by atoms with Gasteiger partial charge in [-0.3, -0.25) is 4.57 Å². The lowest BCUT2D eigenvalue weighted by molar-refractivity contribution is 0.878. The minimum Gasteiger partial charge on any atom is -0.309 e. The highest BCUT2D eigenvalue weighted by molar-refractivity contribution is 6.10. The number of benzene rings is 4. The molecule has 9 aromatic rings. The Morgan fingerprint density at radius 1 is 0.452 bits per heavy atom. The highest BCUT2D eigenvalue weighted by Gasteiger charge is 2.16. The van der Waals surface area contributed by atoms with Crippen molar-refractivity contribution < 1.29 is 0 Å². The predicted molar refractivity (Wildman–Crippen MR) is 167 cm³/mol. The molecule has 5 aromatic heterocycles. The molecule has 7 heteroatoms. The molecular weight excluding hydrogens is 518 g/mol. The van der Waals surface area contributed by atoms with Gasteiger partial charge in [0.1, 0.15) is 5.65 Å². The van der Waals surface area contributed by atoms with Crippen molar-refractivity contribution in [1.29, 1.82) is 0 Å². The molecule has 7 nitrogen and oxygen atoms in total. The van der Waals surface area contributed by atoms with E-state index in [1.807, 2.05) is 40.1 Å². The van der Waals surface area contributed by atoms with Crippen molar-refractivity contribution in [3.8, 4) is 22.7 Å². The van der Waals surface area contributed by atoms with Crippen LogP contribution in [-0.4, -0.2) is 33.7 Å². The lowest BCUT2D eigenvalue weighted by Crippen LogP contribution is -1.99. The third kappa shape index (κ3) is 3.31. The summed E-state index contributed by atoms with van der Waals surface area (Å²) < 4.78 is 8.34. The highest BCUT2D eigenvalue weighted by atomic mass is 15.3. The molecule has 0 saturated carbocycles. The second-order valence-electron chi connectivity index (χ2n) is 10.4. The zero-order valence-electron chi connectivity index (χ0n) is 22.4. The first-order valence-electron chi connectivity index (χ1n) is 13.9. The van der Waals surface area contributed by atoms with Crippen LogP contribution in [0.1, 0.15) is 0 Å². The van der Waals surface area contributed by atoms with E-state index in [0.29, 0.717) is 0 Å². The molecule has 0 aliphatic heterocycles. The van der Waals surface area contributed by atoms with Crippen LogP contribution in [0.15, 0.2) is 140 Å². The van der Waals surface area contributed by atoms with Crippen LogP contribution in [0.25, 0.3) is 66.5 Å². The van der Waals surface area contributed by atoms with Crippen molar-refractivity contribution in [1.82, 2.24) is 33.7 Å². The third-order valence-corrected chi connectivity index (χ3v) is 8.04. The maximum Gasteiger partial charge on any atom is 0.145 e. The fourth-order valence-corrected chi connectivity index (χ4v) is 6.20. The van der Waals surface area contributed by atoms with Crippen molar-refractivity contribution in [3.63, 3.8) is 0 Å². The summed E-state index contributed by atoms with van der Waals surface area (Å²) in [5.74, 6) is 0. The molecule has 0 radical (unpaired) electrons. The number of hydrogen-bond acceptors (Lipinski definition) is 3. The molecule has 0 spiro atoms. The lowest BCUT2D eigenvalue weighted by atomic mass is 10.1. The van der Waals surface area contributed by atoms with Gasteiger partial charge >= 0.3 is 0 Å². The van der Waals surface area contributed by atoms with Crippen LogP contribution in [0.4, 0.5) is 0 Å². The van der Waals surface area contributed by atoms with Gasteiger partial charge in [0.15, 0.2) is 0 Å². The number of nitrogens with zero attached hydrogens (tertiary/aromatic N) is 7. The molecule has 0 saturated heterocycles. The molecular formula is C35H23N7. The molecule has 0 unspecified atom stereocenters. The summed E-state index contributed by atoms with van der Waals surface area (Å²) in [5, 5.41) is 14.0. The van der Waals surface area contributed by atoms with Gasteiger partial charge < -0.3 is 4.57 Å². The number of pyridine rings is 1. The SMILES string of the molecule is c1cc(-n2cccn2)cc(-n2c3ccccc3c3ccc(-n4cc(-n5c6ccccc6c6cccnc65)cn4)cc32)c1. The van der Waals surface area contributed by atoms with Crippen LogP contribution < -0.4 is 0 Å². The monoisotopic (exact) mass is 541 g/mol. The maximum atomic E-state index is 4.81. The second-order valence-corrected chi connectivity index (χ2v) is 10.4. The summed E-state index contributed by atoms with van der Waals surface area (Å²) in [6.45, 7) is 0. The van der Waals surface area contributed by atoms with E-state index in [2.05, 4.69) is 117 Å². The Labute approximate surface area is 240 Å². The summed E-state index contributed by atoms with van der Waals surface area (Å²) >= 11 is 0. The van der Waals surface area contributed by atoms with Crippen LogP contribution in [0.2, 0.25) is 0 Å². The molecule has 4 aromatic carbocycles. The van der Waals surface area contributed by atoms with Crippen molar-refractivity contribution >= 4 is 43.7 Å². The molecule has 0 fully saturated rings. The van der Waals surface area contributed by atoms with E-state index in [1.54, 1.807) is 6.20 Å². The molecule has 0 N–H and O–H groups in total. The largest absolute Gasteiger partial charge is 0.309 e. The Bertz CT molecular complexity index is 2370. The van der Waals surface area contributed by atoms with Crippen molar-refractivity contribution in [3.05, 3.63) is 140 Å². The second kappa shape index (κ2) is 8.78. The van der Waals surface area contributed by atoms with Gasteiger partial charge in [0.2, 0.25) is 0 Å².